The van der Waals surface area contributed by atoms with Crippen LogP contribution in [-0.2, 0) is 14.3 Å². The van der Waals surface area contributed by atoms with E-state index in [9.17, 15) is 14.4 Å². The quantitative estimate of drug-likeness (QED) is 0.167. The van der Waals surface area contributed by atoms with Crippen molar-refractivity contribution in [3.63, 3.8) is 0 Å². The van der Waals surface area contributed by atoms with Crippen molar-refractivity contribution in [2.45, 2.75) is 39.2 Å². The van der Waals surface area contributed by atoms with Crippen LogP contribution < -0.4 is 21.7 Å². The van der Waals surface area contributed by atoms with Gasteiger partial charge in [-0.2, -0.15) is 0 Å². The van der Waals surface area contributed by atoms with Crippen molar-refractivity contribution < 1.29 is 24.2 Å². The van der Waals surface area contributed by atoms with Gasteiger partial charge in [-0.15, -0.1) is 0 Å². The molecule has 1 amide bonds. The number of nitrogens with two attached hydrogens (primary N) is 2. The van der Waals surface area contributed by atoms with Gasteiger partial charge in [0.25, 0.3) is 5.91 Å². The van der Waals surface area contributed by atoms with Gasteiger partial charge in [0.15, 0.2) is 5.84 Å². The lowest BCUT2D eigenvalue weighted by atomic mass is 10.1. The molecule has 37 heavy (non-hydrogen) atoms. The van der Waals surface area contributed by atoms with Gasteiger partial charge in [0.2, 0.25) is 0 Å². The highest BCUT2D eigenvalue weighted by atomic mass is 16.5. The molecule has 0 aliphatic heterocycles. The first-order chi connectivity index (χ1) is 17.4. The lowest BCUT2D eigenvalue weighted by Crippen LogP contribution is -2.41. The first-order valence-electron chi connectivity index (χ1n) is 11.5. The number of hydrogen-bond donors (Lipinski definition) is 4. The monoisotopic (exact) mass is 512 g/mol. The van der Waals surface area contributed by atoms with E-state index in [0.717, 1.165) is 17.8 Å². The minimum atomic E-state index is -1.08. The molecule has 0 spiro atoms. The number of likely N-dealkylation sites (N-methyl/N-ethyl adjacent to an activating group) is 1. The molecule has 200 valence electrons. The highest BCUT2D eigenvalue weighted by Crippen LogP contribution is 2.17. The Labute approximate surface area is 217 Å². The van der Waals surface area contributed by atoms with Crippen LogP contribution in [0.5, 0.6) is 0 Å². The maximum atomic E-state index is 12.6. The Morgan fingerprint density at radius 3 is 2.30 bits per heavy atom. The number of allylic oxidation sites excluding steroid dienone is 1. The van der Waals surface area contributed by atoms with Gasteiger partial charge in [-0.25, -0.2) is 14.8 Å². The number of aliphatic imine (C=N–C) groups is 2. The molecule has 0 bridgehead atoms. The number of carbonyl (C=O) groups excluding carboxylic acids is 2. The number of benzene rings is 1. The second kappa shape index (κ2) is 14.9. The lowest BCUT2D eigenvalue weighted by molar-refractivity contribution is -0.143. The number of amidine groups is 1. The Bertz CT molecular complexity index is 1100. The molecule has 1 atom stereocenters. The number of anilines is 1. The summed E-state index contributed by atoms with van der Waals surface area (Å²) in [4.78, 5) is 46.0. The van der Waals surface area contributed by atoms with Gasteiger partial charge in [-0.1, -0.05) is 26.2 Å². The number of nitrogens with one attached hydrogen (secondary N) is 1. The molecule has 11 heteroatoms. The number of esters is 1. The first-order valence-corrected chi connectivity index (χ1v) is 11.5. The van der Waals surface area contributed by atoms with E-state index < -0.39 is 23.9 Å². The molecule has 0 saturated carbocycles. The van der Waals surface area contributed by atoms with Crippen LogP contribution in [0.1, 0.15) is 43.5 Å². The second-order valence-corrected chi connectivity index (χ2v) is 8.22. The summed E-state index contributed by atoms with van der Waals surface area (Å²) in [5.74, 6) is -2.13. The van der Waals surface area contributed by atoms with Gasteiger partial charge in [0.1, 0.15) is 17.6 Å². The molecule has 0 aliphatic rings. The molecule has 6 N–H and O–H groups in total. The SMILES string of the molecule is C=C(N)\N=C(N)/C(=N/C(=C\CC)CN(C)c1ccc(C(=O)NC(CCC(=O)O)C(=O)OC)cc1)C(=C)C. The molecule has 0 aliphatic carbocycles. The average molecular weight is 513 g/mol. The zero-order valence-electron chi connectivity index (χ0n) is 21.8. The largest absolute Gasteiger partial charge is 0.481 e. The van der Waals surface area contributed by atoms with Crippen LogP contribution in [0.3, 0.4) is 0 Å². The fourth-order valence-electron chi connectivity index (χ4n) is 3.21. The standard InChI is InChI=1S/C26H36N6O5/c1-7-8-19(30-23(16(2)3)24(28)29-17(4)27)15-32(5)20-11-9-18(10-12-20)25(35)31-21(26(36)37-6)13-14-22(33)34/h8-12,21H,2,4,7,13-15,27H2,1,3,5-6H3,(H2,28,29)(H,31,35)(H,33,34)/b19-8-,30-23+. The molecule has 11 nitrogen and oxygen atoms in total. The third-order valence-electron chi connectivity index (χ3n) is 5.01. The fourth-order valence-corrected chi connectivity index (χ4v) is 3.21. The van der Waals surface area contributed by atoms with Crippen LogP contribution in [0, 0.1) is 0 Å². The zero-order chi connectivity index (χ0) is 28.1. The van der Waals surface area contributed by atoms with Crippen molar-refractivity contribution in [3.8, 4) is 0 Å². The maximum absolute atomic E-state index is 12.6. The Hall–Kier alpha value is -4.41. The molecule has 1 aromatic rings. The van der Waals surface area contributed by atoms with Crippen molar-refractivity contribution in [1.82, 2.24) is 5.32 Å². The number of amides is 1. The third-order valence-corrected chi connectivity index (χ3v) is 5.01. The van der Waals surface area contributed by atoms with Crippen LogP contribution in [-0.4, -0.2) is 61.2 Å². The van der Waals surface area contributed by atoms with Gasteiger partial charge in [-0.3, -0.25) is 9.59 Å². The van der Waals surface area contributed by atoms with Gasteiger partial charge in [-0.05, 0) is 49.6 Å². The second-order valence-electron chi connectivity index (χ2n) is 8.22. The van der Waals surface area contributed by atoms with Gasteiger partial charge < -0.3 is 31.5 Å². The maximum Gasteiger partial charge on any atom is 0.328 e. The first kappa shape index (κ1) is 30.6. The number of hydrogen-bond acceptors (Lipinski definition) is 8. The molecule has 0 heterocycles. The Kier molecular flexibility index (Phi) is 12.3. The van der Waals surface area contributed by atoms with Gasteiger partial charge >= 0.3 is 11.9 Å². The molecule has 0 aromatic heterocycles. The van der Waals surface area contributed by atoms with Gasteiger partial charge in [0.05, 0.1) is 19.4 Å². The molecule has 1 unspecified atom stereocenters. The highest BCUT2D eigenvalue weighted by Gasteiger charge is 2.23. The molecular formula is C26H36N6O5. The zero-order valence-corrected chi connectivity index (χ0v) is 21.8. The number of ether oxygens (including phenoxy) is 1. The molecule has 1 rings (SSSR count). The van der Waals surface area contributed by atoms with Crippen molar-refractivity contribution in [2.24, 2.45) is 21.5 Å². The normalized spacial score (nSPS) is 12.9. The Balaban J connectivity index is 3.05. The van der Waals surface area contributed by atoms with Crippen molar-refractivity contribution >= 4 is 35.1 Å². The third kappa shape index (κ3) is 10.4. The predicted octanol–water partition coefficient (Wildman–Crippen LogP) is 2.36. The number of carboxylic acid groups (broad SMARTS) is 1. The molecule has 0 radical (unpaired) electrons. The number of aliphatic carboxylic acids is 1. The van der Waals surface area contributed by atoms with E-state index in [0.29, 0.717) is 23.4 Å². The van der Waals surface area contributed by atoms with Crippen LogP contribution in [0.2, 0.25) is 0 Å². The summed E-state index contributed by atoms with van der Waals surface area (Å²) >= 11 is 0. The van der Waals surface area contributed by atoms with Crippen molar-refractivity contribution in [1.29, 1.82) is 0 Å². The Morgan fingerprint density at radius 2 is 1.81 bits per heavy atom. The van der Waals surface area contributed by atoms with E-state index >= 15 is 0 Å². The van der Waals surface area contributed by atoms with Gasteiger partial charge in [0, 0.05) is 24.7 Å². The smallest absolute Gasteiger partial charge is 0.328 e. The minimum absolute atomic E-state index is 0.0634. The number of carbonyl (C=O) groups is 3. The minimum Gasteiger partial charge on any atom is -0.481 e. The van der Waals surface area contributed by atoms with Crippen LogP contribution in [0.15, 0.2) is 70.6 Å². The summed E-state index contributed by atoms with van der Waals surface area (Å²) in [5.41, 5.74) is 14.4. The van der Waals surface area contributed by atoms with E-state index in [1.165, 1.54) is 7.11 Å². The Morgan fingerprint density at radius 1 is 1.19 bits per heavy atom. The number of nitrogens with zero attached hydrogens (tertiary/aromatic N) is 3. The topological polar surface area (TPSA) is 173 Å². The molecule has 1 aromatic carbocycles. The lowest BCUT2D eigenvalue weighted by Gasteiger charge is -2.21. The molecule has 0 saturated heterocycles. The summed E-state index contributed by atoms with van der Waals surface area (Å²) in [6.07, 6.45) is 2.32. The summed E-state index contributed by atoms with van der Waals surface area (Å²) in [6.45, 7) is 11.6. The molecular weight excluding hydrogens is 476 g/mol. The summed E-state index contributed by atoms with van der Waals surface area (Å²) in [6, 6.07) is 5.65. The highest BCUT2D eigenvalue weighted by molar-refractivity contribution is 6.47. The molecule has 0 fully saturated rings. The number of rotatable bonds is 14. The predicted molar refractivity (Wildman–Crippen MR) is 145 cm³/mol. The van der Waals surface area contributed by atoms with Crippen molar-refractivity contribution in [3.05, 3.63) is 66.2 Å². The number of methoxy groups -OCH3 is 1. The van der Waals surface area contributed by atoms with Crippen molar-refractivity contribution in [2.75, 3.05) is 25.6 Å². The van der Waals surface area contributed by atoms with E-state index in [-0.39, 0.29) is 24.5 Å². The van der Waals surface area contributed by atoms with Crippen LogP contribution in [0.4, 0.5) is 5.69 Å². The van der Waals surface area contributed by atoms with Crippen LogP contribution in [0.25, 0.3) is 0 Å². The summed E-state index contributed by atoms with van der Waals surface area (Å²) in [5, 5.41) is 11.4. The van der Waals surface area contributed by atoms with E-state index in [2.05, 4.69) is 33.2 Å². The fraction of sp³-hybridized carbons (Fsp3) is 0.346. The summed E-state index contributed by atoms with van der Waals surface area (Å²) < 4.78 is 4.66. The summed E-state index contributed by atoms with van der Waals surface area (Å²) in [7, 11) is 3.04. The number of carboxylic acids is 1. The van der Waals surface area contributed by atoms with E-state index in [1.807, 2.05) is 24.9 Å². The van der Waals surface area contributed by atoms with Crippen LogP contribution >= 0.6 is 0 Å². The van der Waals surface area contributed by atoms with E-state index in [1.54, 1.807) is 31.2 Å². The average Bonchev–Trinajstić information content (AvgIpc) is 2.83. The van der Waals surface area contributed by atoms with E-state index in [4.69, 9.17) is 16.6 Å².